The summed E-state index contributed by atoms with van der Waals surface area (Å²) >= 11 is 0. The van der Waals surface area contributed by atoms with E-state index in [0.29, 0.717) is 18.1 Å². The summed E-state index contributed by atoms with van der Waals surface area (Å²) in [4.78, 5) is 12.2. The van der Waals surface area contributed by atoms with Gasteiger partial charge in [-0.05, 0) is 39.0 Å². The number of morpholine rings is 1. The molecule has 2 aliphatic carbocycles. The molecular weight excluding hydrogens is 264 g/mol. The van der Waals surface area contributed by atoms with Crippen LogP contribution in [0.15, 0.2) is 0 Å². The Morgan fingerprint density at radius 2 is 2.05 bits per heavy atom. The molecule has 3 fully saturated rings. The summed E-state index contributed by atoms with van der Waals surface area (Å²) < 4.78 is 5.94. The summed E-state index contributed by atoms with van der Waals surface area (Å²) in [6, 6.07) is 0.504. The molecule has 21 heavy (non-hydrogen) atoms. The molecule has 1 N–H and O–H groups in total. The summed E-state index contributed by atoms with van der Waals surface area (Å²) in [6.07, 6.45) is 6.56. The fraction of sp³-hybridized carbons (Fsp3) is 0.750. The monoisotopic (exact) mass is 288 g/mol. The maximum Gasteiger partial charge on any atom is 0.137 e. The number of anilines is 2. The van der Waals surface area contributed by atoms with Gasteiger partial charge in [0, 0.05) is 25.1 Å². The van der Waals surface area contributed by atoms with Crippen molar-refractivity contribution in [3.05, 3.63) is 11.4 Å². The zero-order chi connectivity index (χ0) is 14.4. The number of hydrogen-bond acceptors (Lipinski definition) is 5. The van der Waals surface area contributed by atoms with Crippen LogP contribution in [-0.2, 0) is 4.74 Å². The van der Waals surface area contributed by atoms with Crippen molar-refractivity contribution in [3.63, 3.8) is 0 Å². The van der Waals surface area contributed by atoms with Crippen molar-refractivity contribution in [1.29, 1.82) is 0 Å². The second-order valence-electron chi connectivity index (χ2n) is 6.50. The van der Waals surface area contributed by atoms with Gasteiger partial charge in [-0.25, -0.2) is 9.97 Å². The van der Waals surface area contributed by atoms with E-state index in [1.165, 1.54) is 37.7 Å². The van der Waals surface area contributed by atoms with Gasteiger partial charge in [-0.2, -0.15) is 0 Å². The molecule has 2 heterocycles. The summed E-state index contributed by atoms with van der Waals surface area (Å²) in [5, 5.41) is 3.25. The molecular formula is C16H24N4O. The molecule has 0 aromatic carbocycles. The molecule has 0 spiro atoms. The highest BCUT2D eigenvalue weighted by molar-refractivity contribution is 5.59. The second-order valence-corrected chi connectivity index (χ2v) is 6.50. The summed E-state index contributed by atoms with van der Waals surface area (Å²) in [6.45, 7) is 3.90. The lowest BCUT2D eigenvalue weighted by atomic mass is 10.1. The molecule has 3 aliphatic rings. The molecule has 2 atom stereocenters. The van der Waals surface area contributed by atoms with Gasteiger partial charge in [0.05, 0.1) is 18.8 Å². The molecule has 1 aliphatic heterocycles. The molecule has 1 aromatic heterocycles. The SMILES string of the molecule is CNc1nc(C2CC2)nc(N2CCOC3CCCC32)c1C. The Balaban J connectivity index is 1.73. The molecule has 5 heteroatoms. The number of fused-ring (bicyclic) bond motifs is 1. The van der Waals surface area contributed by atoms with Gasteiger partial charge < -0.3 is 15.0 Å². The summed E-state index contributed by atoms with van der Waals surface area (Å²) in [5.41, 5.74) is 1.18. The quantitative estimate of drug-likeness (QED) is 0.926. The third kappa shape index (κ3) is 2.27. The third-order valence-corrected chi connectivity index (χ3v) is 5.07. The first-order valence-corrected chi connectivity index (χ1v) is 8.22. The molecule has 1 saturated heterocycles. The Hall–Kier alpha value is -1.36. The van der Waals surface area contributed by atoms with Gasteiger partial charge in [0.25, 0.3) is 0 Å². The molecule has 4 rings (SSSR count). The highest BCUT2D eigenvalue weighted by Crippen LogP contribution is 2.41. The fourth-order valence-corrected chi connectivity index (χ4v) is 3.76. The molecule has 114 valence electrons. The van der Waals surface area contributed by atoms with Crippen molar-refractivity contribution >= 4 is 11.6 Å². The smallest absolute Gasteiger partial charge is 0.137 e. The lowest BCUT2D eigenvalue weighted by Gasteiger charge is -2.39. The van der Waals surface area contributed by atoms with Gasteiger partial charge >= 0.3 is 0 Å². The van der Waals surface area contributed by atoms with E-state index in [-0.39, 0.29) is 0 Å². The predicted molar refractivity (Wildman–Crippen MR) is 83.0 cm³/mol. The van der Waals surface area contributed by atoms with E-state index in [0.717, 1.165) is 30.6 Å². The van der Waals surface area contributed by atoms with Gasteiger partial charge in [0.15, 0.2) is 0 Å². The number of rotatable bonds is 3. The average molecular weight is 288 g/mol. The molecule has 5 nitrogen and oxygen atoms in total. The predicted octanol–water partition coefficient (Wildman–Crippen LogP) is 2.46. The summed E-state index contributed by atoms with van der Waals surface area (Å²) in [7, 11) is 1.95. The van der Waals surface area contributed by atoms with E-state index in [9.17, 15) is 0 Å². The van der Waals surface area contributed by atoms with Crippen LogP contribution in [0.5, 0.6) is 0 Å². The third-order valence-electron chi connectivity index (χ3n) is 5.07. The van der Waals surface area contributed by atoms with E-state index in [1.807, 2.05) is 7.05 Å². The van der Waals surface area contributed by atoms with Crippen molar-refractivity contribution in [2.24, 2.45) is 0 Å². The molecule has 0 radical (unpaired) electrons. The van der Waals surface area contributed by atoms with Crippen LogP contribution in [0.2, 0.25) is 0 Å². The maximum atomic E-state index is 5.94. The van der Waals surface area contributed by atoms with Crippen molar-refractivity contribution in [2.75, 3.05) is 30.4 Å². The van der Waals surface area contributed by atoms with Crippen LogP contribution in [0.25, 0.3) is 0 Å². The minimum atomic E-state index is 0.399. The van der Waals surface area contributed by atoms with Crippen LogP contribution in [0.4, 0.5) is 11.6 Å². The van der Waals surface area contributed by atoms with Gasteiger partial charge in [-0.3, -0.25) is 0 Å². The van der Waals surface area contributed by atoms with E-state index in [2.05, 4.69) is 17.1 Å². The van der Waals surface area contributed by atoms with Gasteiger partial charge in [0.1, 0.15) is 17.5 Å². The molecule has 0 bridgehead atoms. The first-order valence-electron chi connectivity index (χ1n) is 8.22. The molecule has 1 aromatic rings. The number of hydrogen-bond donors (Lipinski definition) is 1. The Morgan fingerprint density at radius 3 is 2.81 bits per heavy atom. The number of aromatic nitrogens is 2. The minimum Gasteiger partial charge on any atom is -0.374 e. The van der Waals surface area contributed by atoms with Crippen LogP contribution in [0, 0.1) is 6.92 Å². The Bertz CT molecular complexity index is 543. The van der Waals surface area contributed by atoms with Gasteiger partial charge in [-0.1, -0.05) is 0 Å². The topological polar surface area (TPSA) is 50.3 Å². The lowest BCUT2D eigenvalue weighted by Crippen LogP contribution is -2.49. The fourth-order valence-electron chi connectivity index (χ4n) is 3.76. The normalized spacial score (nSPS) is 28.6. The first-order chi connectivity index (χ1) is 10.3. The summed E-state index contributed by atoms with van der Waals surface area (Å²) in [5.74, 6) is 3.73. The van der Waals surface area contributed by atoms with E-state index < -0.39 is 0 Å². The van der Waals surface area contributed by atoms with Crippen LogP contribution in [0.1, 0.15) is 49.4 Å². The zero-order valence-corrected chi connectivity index (χ0v) is 12.9. The van der Waals surface area contributed by atoms with Crippen molar-refractivity contribution in [1.82, 2.24) is 9.97 Å². The van der Waals surface area contributed by atoms with E-state index in [1.54, 1.807) is 0 Å². The Kier molecular flexibility index (Phi) is 3.25. The van der Waals surface area contributed by atoms with Gasteiger partial charge in [-0.15, -0.1) is 0 Å². The van der Waals surface area contributed by atoms with E-state index in [4.69, 9.17) is 14.7 Å². The molecule has 2 unspecified atom stereocenters. The zero-order valence-electron chi connectivity index (χ0n) is 12.9. The van der Waals surface area contributed by atoms with Crippen LogP contribution >= 0.6 is 0 Å². The number of nitrogens with one attached hydrogen (secondary N) is 1. The standard InChI is InChI=1S/C16H24N4O/c1-10-14(17-2)18-15(11-6-7-11)19-16(10)20-8-9-21-13-5-3-4-12(13)20/h11-13H,3-9H2,1-2H3,(H,17,18,19). The highest BCUT2D eigenvalue weighted by atomic mass is 16.5. The average Bonchev–Trinajstić information content (AvgIpc) is 3.24. The highest BCUT2D eigenvalue weighted by Gasteiger charge is 2.38. The van der Waals surface area contributed by atoms with E-state index >= 15 is 0 Å². The second kappa shape index (κ2) is 5.13. The lowest BCUT2D eigenvalue weighted by molar-refractivity contribution is 0.0252. The minimum absolute atomic E-state index is 0.399. The first kappa shape index (κ1) is 13.3. The largest absolute Gasteiger partial charge is 0.374 e. The molecule has 0 amide bonds. The number of nitrogens with zero attached hydrogens (tertiary/aromatic N) is 3. The number of ether oxygens (including phenoxy) is 1. The molecule has 2 saturated carbocycles. The van der Waals surface area contributed by atoms with Crippen molar-refractivity contribution in [3.8, 4) is 0 Å². The van der Waals surface area contributed by atoms with Crippen molar-refractivity contribution in [2.45, 2.75) is 57.1 Å². The Morgan fingerprint density at radius 1 is 1.19 bits per heavy atom. The van der Waals surface area contributed by atoms with Crippen LogP contribution < -0.4 is 10.2 Å². The van der Waals surface area contributed by atoms with Crippen LogP contribution in [0.3, 0.4) is 0 Å². The van der Waals surface area contributed by atoms with Crippen molar-refractivity contribution < 1.29 is 4.74 Å². The van der Waals surface area contributed by atoms with Gasteiger partial charge in [0.2, 0.25) is 0 Å². The maximum absolute atomic E-state index is 5.94. The van der Waals surface area contributed by atoms with Crippen LogP contribution in [-0.4, -0.2) is 42.3 Å². The Labute approximate surface area is 126 Å².